The lowest BCUT2D eigenvalue weighted by Gasteiger charge is -2.27. The molecule has 0 saturated heterocycles. The van der Waals surface area contributed by atoms with Gasteiger partial charge in [0, 0.05) is 5.41 Å². The van der Waals surface area contributed by atoms with E-state index in [1.54, 1.807) is 0 Å². The molecule has 0 amide bonds. The highest BCUT2D eigenvalue weighted by molar-refractivity contribution is 5.03. The highest BCUT2D eigenvalue weighted by atomic mass is 14.3. The van der Waals surface area contributed by atoms with Gasteiger partial charge in [-0.25, -0.2) is 0 Å². The molecule has 0 aliphatic heterocycles. The van der Waals surface area contributed by atoms with Crippen LogP contribution in [0.25, 0.3) is 0 Å². The molecule has 1 rings (SSSR count). The van der Waals surface area contributed by atoms with E-state index in [0.29, 0.717) is 0 Å². The van der Waals surface area contributed by atoms with Crippen LogP contribution in [0.4, 0.5) is 0 Å². The fourth-order valence-corrected chi connectivity index (χ4v) is 1.48. The molecule has 0 atom stereocenters. The van der Waals surface area contributed by atoms with E-state index in [0.717, 1.165) is 0 Å². The zero-order valence-corrected chi connectivity index (χ0v) is 6.11. The van der Waals surface area contributed by atoms with Crippen LogP contribution in [0.2, 0.25) is 0 Å². The Morgan fingerprint density at radius 3 is 2.11 bits per heavy atom. The van der Waals surface area contributed by atoms with Crippen molar-refractivity contribution in [3.05, 3.63) is 0 Å². The summed E-state index contributed by atoms with van der Waals surface area (Å²) in [6, 6.07) is 0. The SMILES string of the molecule is C#CC1(C)CCCCC1. The summed E-state index contributed by atoms with van der Waals surface area (Å²) in [6.07, 6.45) is 11.9. The van der Waals surface area contributed by atoms with E-state index in [4.69, 9.17) is 6.42 Å². The molecule has 1 aliphatic carbocycles. The minimum atomic E-state index is 0.248. The molecule has 0 aromatic rings. The monoisotopic (exact) mass is 122 g/mol. The van der Waals surface area contributed by atoms with Gasteiger partial charge in [0.1, 0.15) is 0 Å². The molecule has 0 N–H and O–H groups in total. The second kappa shape index (κ2) is 2.43. The van der Waals surface area contributed by atoms with Gasteiger partial charge in [-0.3, -0.25) is 0 Å². The van der Waals surface area contributed by atoms with E-state index >= 15 is 0 Å². The van der Waals surface area contributed by atoms with Gasteiger partial charge in [-0.05, 0) is 19.8 Å². The molecule has 0 heteroatoms. The Labute approximate surface area is 57.7 Å². The maximum Gasteiger partial charge on any atom is 0.0284 e. The zero-order valence-electron chi connectivity index (χ0n) is 6.11. The summed E-state index contributed by atoms with van der Waals surface area (Å²) in [5, 5.41) is 0. The molecular weight excluding hydrogens is 108 g/mol. The third-order valence-electron chi connectivity index (χ3n) is 2.31. The molecule has 1 aliphatic rings. The topological polar surface area (TPSA) is 0 Å². The van der Waals surface area contributed by atoms with E-state index in [-0.39, 0.29) is 5.41 Å². The van der Waals surface area contributed by atoms with Crippen LogP contribution >= 0.6 is 0 Å². The zero-order chi connectivity index (χ0) is 6.74. The van der Waals surface area contributed by atoms with Crippen LogP contribution in [0, 0.1) is 17.8 Å². The molecule has 0 aromatic carbocycles. The highest BCUT2D eigenvalue weighted by Gasteiger charge is 2.23. The van der Waals surface area contributed by atoms with Gasteiger partial charge >= 0.3 is 0 Å². The summed E-state index contributed by atoms with van der Waals surface area (Å²) in [5.41, 5.74) is 0.248. The van der Waals surface area contributed by atoms with Gasteiger partial charge in [0.15, 0.2) is 0 Å². The third kappa shape index (κ3) is 1.48. The van der Waals surface area contributed by atoms with Crippen molar-refractivity contribution in [3.63, 3.8) is 0 Å². The van der Waals surface area contributed by atoms with Crippen molar-refractivity contribution in [2.45, 2.75) is 39.0 Å². The Morgan fingerprint density at radius 2 is 1.78 bits per heavy atom. The number of terminal acetylenes is 1. The van der Waals surface area contributed by atoms with Crippen molar-refractivity contribution in [3.8, 4) is 12.3 Å². The van der Waals surface area contributed by atoms with Gasteiger partial charge in [0.05, 0.1) is 0 Å². The maximum absolute atomic E-state index is 5.39. The van der Waals surface area contributed by atoms with Crippen LogP contribution in [-0.4, -0.2) is 0 Å². The van der Waals surface area contributed by atoms with Crippen LogP contribution in [-0.2, 0) is 0 Å². The second-order valence-corrected chi connectivity index (χ2v) is 3.27. The van der Waals surface area contributed by atoms with Crippen LogP contribution in [0.5, 0.6) is 0 Å². The Bertz CT molecular complexity index is 121. The van der Waals surface area contributed by atoms with E-state index in [1.807, 2.05) is 0 Å². The quantitative estimate of drug-likeness (QED) is 0.433. The van der Waals surface area contributed by atoms with Crippen molar-refractivity contribution in [2.75, 3.05) is 0 Å². The van der Waals surface area contributed by atoms with Gasteiger partial charge in [0.2, 0.25) is 0 Å². The number of hydrogen-bond acceptors (Lipinski definition) is 0. The van der Waals surface area contributed by atoms with Crippen molar-refractivity contribution in [2.24, 2.45) is 5.41 Å². The lowest BCUT2D eigenvalue weighted by atomic mass is 9.77. The lowest BCUT2D eigenvalue weighted by molar-refractivity contribution is 0.300. The van der Waals surface area contributed by atoms with Gasteiger partial charge < -0.3 is 0 Å². The van der Waals surface area contributed by atoms with Crippen molar-refractivity contribution >= 4 is 0 Å². The average Bonchev–Trinajstić information content (AvgIpc) is 1.90. The first-order chi connectivity index (χ1) is 4.27. The standard InChI is InChI=1S/C9H14/c1-3-9(2)7-5-4-6-8-9/h1H,4-8H2,2H3. The van der Waals surface area contributed by atoms with E-state index in [2.05, 4.69) is 12.8 Å². The predicted octanol–water partition coefficient (Wildman–Crippen LogP) is 2.59. The molecule has 50 valence electrons. The Balaban J connectivity index is 2.49. The van der Waals surface area contributed by atoms with Gasteiger partial charge in [-0.2, -0.15) is 0 Å². The summed E-state index contributed by atoms with van der Waals surface area (Å²) < 4.78 is 0. The van der Waals surface area contributed by atoms with Crippen LogP contribution in [0.3, 0.4) is 0 Å². The first kappa shape index (κ1) is 6.68. The summed E-state index contributed by atoms with van der Waals surface area (Å²) >= 11 is 0. The van der Waals surface area contributed by atoms with Crippen LogP contribution < -0.4 is 0 Å². The first-order valence-electron chi connectivity index (χ1n) is 3.75. The van der Waals surface area contributed by atoms with E-state index in [9.17, 15) is 0 Å². The Hall–Kier alpha value is -0.440. The smallest absolute Gasteiger partial charge is 0.0284 e. The van der Waals surface area contributed by atoms with E-state index in [1.165, 1.54) is 32.1 Å². The maximum atomic E-state index is 5.39. The molecule has 9 heavy (non-hydrogen) atoms. The summed E-state index contributed by atoms with van der Waals surface area (Å²) in [5.74, 6) is 2.88. The fraction of sp³-hybridized carbons (Fsp3) is 0.778. The van der Waals surface area contributed by atoms with Crippen molar-refractivity contribution in [1.82, 2.24) is 0 Å². The molecule has 0 spiro atoms. The summed E-state index contributed by atoms with van der Waals surface area (Å²) in [6.45, 7) is 2.20. The summed E-state index contributed by atoms with van der Waals surface area (Å²) in [4.78, 5) is 0. The molecule has 0 unspecified atom stereocenters. The number of rotatable bonds is 0. The van der Waals surface area contributed by atoms with Crippen molar-refractivity contribution in [1.29, 1.82) is 0 Å². The second-order valence-electron chi connectivity index (χ2n) is 3.27. The third-order valence-corrected chi connectivity index (χ3v) is 2.31. The molecule has 1 saturated carbocycles. The normalized spacial score (nSPS) is 24.9. The predicted molar refractivity (Wildman–Crippen MR) is 40.0 cm³/mol. The van der Waals surface area contributed by atoms with Gasteiger partial charge in [0.25, 0.3) is 0 Å². The van der Waals surface area contributed by atoms with Crippen molar-refractivity contribution < 1.29 is 0 Å². The van der Waals surface area contributed by atoms with Crippen LogP contribution in [0.15, 0.2) is 0 Å². The van der Waals surface area contributed by atoms with Gasteiger partial charge in [-0.1, -0.05) is 19.3 Å². The molecule has 0 heterocycles. The van der Waals surface area contributed by atoms with Crippen LogP contribution in [0.1, 0.15) is 39.0 Å². The average molecular weight is 122 g/mol. The molecule has 0 aromatic heterocycles. The fourth-order valence-electron chi connectivity index (χ4n) is 1.48. The minimum Gasteiger partial charge on any atom is -0.120 e. The minimum absolute atomic E-state index is 0.248. The number of hydrogen-bond donors (Lipinski definition) is 0. The Morgan fingerprint density at radius 1 is 1.22 bits per heavy atom. The van der Waals surface area contributed by atoms with Gasteiger partial charge in [-0.15, -0.1) is 12.3 Å². The lowest BCUT2D eigenvalue weighted by Crippen LogP contribution is -2.16. The largest absolute Gasteiger partial charge is 0.120 e. The Kier molecular flexibility index (Phi) is 1.81. The van der Waals surface area contributed by atoms with E-state index < -0.39 is 0 Å². The highest BCUT2D eigenvalue weighted by Crippen LogP contribution is 2.34. The molecule has 0 nitrogen and oxygen atoms in total. The molecule has 0 bridgehead atoms. The first-order valence-corrected chi connectivity index (χ1v) is 3.75. The molecule has 0 radical (unpaired) electrons. The molecule has 1 fully saturated rings. The summed E-state index contributed by atoms with van der Waals surface area (Å²) in [7, 11) is 0. The molecular formula is C9H14.